The molecule has 2 aromatic carbocycles. The number of esters is 1. The van der Waals surface area contributed by atoms with Crippen LogP contribution in [-0.4, -0.2) is 29.1 Å². The van der Waals surface area contributed by atoms with Crippen molar-refractivity contribution in [3.05, 3.63) is 71.0 Å². The fourth-order valence-electron chi connectivity index (χ4n) is 3.46. The van der Waals surface area contributed by atoms with Crippen molar-refractivity contribution in [1.29, 1.82) is 0 Å². The van der Waals surface area contributed by atoms with Gasteiger partial charge in [0, 0.05) is 0 Å². The topological polar surface area (TPSA) is 79.7 Å². The number of fused-ring (bicyclic) bond motifs is 1. The largest absolute Gasteiger partial charge is 0.503 e. The summed E-state index contributed by atoms with van der Waals surface area (Å²) in [6.45, 7) is 4.18. The molecule has 0 spiro atoms. The quantitative estimate of drug-likeness (QED) is 0.643. The molecule has 0 radical (unpaired) electrons. The van der Waals surface area contributed by atoms with E-state index in [2.05, 4.69) is 18.8 Å². The average molecular weight is 408 g/mol. The van der Waals surface area contributed by atoms with Crippen molar-refractivity contribution in [2.75, 3.05) is 12.0 Å². The van der Waals surface area contributed by atoms with Crippen LogP contribution in [-0.2, 0) is 14.3 Å². The van der Waals surface area contributed by atoms with Crippen LogP contribution in [0.2, 0.25) is 0 Å². The summed E-state index contributed by atoms with van der Waals surface area (Å²) in [5, 5.41) is 10.9. The van der Waals surface area contributed by atoms with Gasteiger partial charge in [0.1, 0.15) is 11.6 Å². The van der Waals surface area contributed by atoms with E-state index in [4.69, 9.17) is 4.74 Å². The Morgan fingerprint density at radius 2 is 1.86 bits per heavy atom. The van der Waals surface area contributed by atoms with Gasteiger partial charge in [0.25, 0.3) is 5.91 Å². The SMILES string of the molecule is COC(=O)C1=C(O)C(=O)N(c2nc3ccccc3s2)C1c1ccc(C(C)C)cc1. The van der Waals surface area contributed by atoms with Crippen LogP contribution in [0.15, 0.2) is 59.9 Å². The predicted octanol–water partition coefficient (Wildman–Crippen LogP) is 4.49. The summed E-state index contributed by atoms with van der Waals surface area (Å²) < 4.78 is 5.77. The number of anilines is 1. The molecule has 1 atom stereocenters. The van der Waals surface area contributed by atoms with E-state index in [9.17, 15) is 14.7 Å². The molecule has 3 aromatic rings. The Kier molecular flexibility index (Phi) is 4.84. The Morgan fingerprint density at radius 3 is 2.48 bits per heavy atom. The zero-order valence-corrected chi connectivity index (χ0v) is 17.1. The smallest absolute Gasteiger partial charge is 0.340 e. The van der Waals surface area contributed by atoms with Crippen LogP contribution in [0.3, 0.4) is 0 Å². The minimum atomic E-state index is -0.809. The molecule has 1 aromatic heterocycles. The van der Waals surface area contributed by atoms with Crippen molar-refractivity contribution in [3.63, 3.8) is 0 Å². The van der Waals surface area contributed by atoms with Crippen molar-refractivity contribution < 1.29 is 19.4 Å². The fourth-order valence-corrected chi connectivity index (χ4v) is 4.45. The van der Waals surface area contributed by atoms with Crippen LogP contribution < -0.4 is 4.90 Å². The zero-order valence-electron chi connectivity index (χ0n) is 16.2. The second kappa shape index (κ2) is 7.33. The number of methoxy groups -OCH3 is 1. The number of carbonyl (C=O) groups is 2. The molecule has 1 aliphatic rings. The number of benzene rings is 2. The lowest BCUT2D eigenvalue weighted by atomic mass is 9.95. The maximum Gasteiger partial charge on any atom is 0.340 e. The molecule has 1 aliphatic heterocycles. The Bertz CT molecular complexity index is 1100. The van der Waals surface area contributed by atoms with Gasteiger partial charge in [-0.05, 0) is 29.2 Å². The first kappa shape index (κ1) is 19.1. The van der Waals surface area contributed by atoms with Gasteiger partial charge in [0.05, 0.1) is 17.3 Å². The maximum atomic E-state index is 12.9. The summed E-state index contributed by atoms with van der Waals surface area (Å²) >= 11 is 1.33. The van der Waals surface area contributed by atoms with Crippen LogP contribution in [0.1, 0.15) is 36.9 Å². The molecule has 0 fully saturated rings. The average Bonchev–Trinajstić information content (AvgIpc) is 3.26. The van der Waals surface area contributed by atoms with Gasteiger partial charge in [-0.1, -0.05) is 61.6 Å². The van der Waals surface area contributed by atoms with E-state index in [0.717, 1.165) is 15.8 Å². The Hall–Kier alpha value is -3.19. The molecule has 0 aliphatic carbocycles. The number of thiazole rings is 1. The van der Waals surface area contributed by atoms with Crippen LogP contribution in [0.25, 0.3) is 10.2 Å². The molecular weight excluding hydrogens is 388 g/mol. The second-order valence-corrected chi connectivity index (χ2v) is 8.13. The van der Waals surface area contributed by atoms with Crippen LogP contribution in [0.5, 0.6) is 0 Å². The number of aromatic nitrogens is 1. The molecule has 0 bridgehead atoms. The van der Waals surface area contributed by atoms with E-state index in [0.29, 0.717) is 16.6 Å². The molecule has 148 valence electrons. The standard InChI is InChI=1S/C22H20N2O4S/c1-12(2)13-8-10-14(11-9-13)18-17(21(27)28-3)19(25)20(26)24(18)22-23-15-6-4-5-7-16(15)29-22/h4-12,18,25H,1-3H3. The van der Waals surface area contributed by atoms with Crippen molar-refractivity contribution >= 4 is 38.6 Å². The molecule has 29 heavy (non-hydrogen) atoms. The number of amides is 1. The Morgan fingerprint density at radius 1 is 1.17 bits per heavy atom. The van der Waals surface area contributed by atoms with Crippen LogP contribution in [0.4, 0.5) is 5.13 Å². The number of hydrogen-bond donors (Lipinski definition) is 1. The fraction of sp³-hybridized carbons (Fsp3) is 0.227. The number of nitrogens with zero attached hydrogens (tertiary/aromatic N) is 2. The van der Waals surface area contributed by atoms with Gasteiger partial charge < -0.3 is 9.84 Å². The molecule has 6 nitrogen and oxygen atoms in total. The Balaban J connectivity index is 1.86. The van der Waals surface area contributed by atoms with Gasteiger partial charge in [0.15, 0.2) is 10.9 Å². The van der Waals surface area contributed by atoms with Crippen molar-refractivity contribution in [2.24, 2.45) is 0 Å². The first-order chi connectivity index (χ1) is 13.9. The minimum Gasteiger partial charge on any atom is -0.503 e. The van der Waals surface area contributed by atoms with E-state index in [-0.39, 0.29) is 5.57 Å². The van der Waals surface area contributed by atoms with Gasteiger partial charge in [0.2, 0.25) is 0 Å². The number of carbonyl (C=O) groups excluding carboxylic acids is 2. The summed E-state index contributed by atoms with van der Waals surface area (Å²) in [4.78, 5) is 31.3. The summed E-state index contributed by atoms with van der Waals surface area (Å²) in [6.07, 6.45) is 0. The first-order valence-electron chi connectivity index (χ1n) is 9.22. The number of para-hydroxylation sites is 1. The van der Waals surface area contributed by atoms with Crippen molar-refractivity contribution in [3.8, 4) is 0 Å². The van der Waals surface area contributed by atoms with Crippen molar-refractivity contribution in [2.45, 2.75) is 25.8 Å². The highest BCUT2D eigenvalue weighted by Gasteiger charge is 2.46. The van der Waals surface area contributed by atoms with Gasteiger partial charge in [-0.15, -0.1) is 0 Å². The summed E-state index contributed by atoms with van der Waals surface area (Å²) in [5.41, 5.74) is 2.51. The van der Waals surface area contributed by atoms with E-state index in [1.54, 1.807) is 0 Å². The number of hydrogen-bond acceptors (Lipinski definition) is 6. The number of ether oxygens (including phenoxy) is 1. The molecule has 1 N–H and O–H groups in total. The number of aliphatic hydroxyl groups is 1. The molecule has 0 saturated carbocycles. The third-order valence-electron chi connectivity index (χ3n) is 5.02. The lowest BCUT2D eigenvalue weighted by Crippen LogP contribution is -2.31. The Labute approximate surface area is 172 Å². The molecule has 2 heterocycles. The number of rotatable bonds is 4. The molecule has 4 rings (SSSR count). The first-order valence-corrected chi connectivity index (χ1v) is 10.0. The van der Waals surface area contributed by atoms with Crippen molar-refractivity contribution in [1.82, 2.24) is 4.98 Å². The van der Waals surface area contributed by atoms with Gasteiger partial charge >= 0.3 is 5.97 Å². The van der Waals surface area contributed by atoms with Gasteiger partial charge in [-0.3, -0.25) is 9.69 Å². The van der Waals surface area contributed by atoms with Gasteiger partial charge in [-0.25, -0.2) is 9.78 Å². The highest BCUT2D eigenvalue weighted by atomic mass is 32.1. The monoisotopic (exact) mass is 408 g/mol. The van der Waals surface area contributed by atoms with Gasteiger partial charge in [-0.2, -0.15) is 0 Å². The zero-order chi connectivity index (χ0) is 20.7. The molecule has 0 saturated heterocycles. The van der Waals surface area contributed by atoms with Crippen LogP contribution in [0, 0.1) is 0 Å². The van der Waals surface area contributed by atoms with E-state index in [1.807, 2.05) is 48.5 Å². The molecule has 7 heteroatoms. The number of aliphatic hydroxyl groups excluding tert-OH is 1. The predicted molar refractivity (Wildman–Crippen MR) is 112 cm³/mol. The summed E-state index contributed by atoms with van der Waals surface area (Å²) in [5.74, 6) is -1.66. The highest BCUT2D eigenvalue weighted by molar-refractivity contribution is 7.22. The normalized spacial score (nSPS) is 16.9. The molecule has 1 unspecified atom stereocenters. The minimum absolute atomic E-state index is 0.0750. The molecular formula is C22H20N2O4S. The second-order valence-electron chi connectivity index (χ2n) is 7.12. The lowest BCUT2D eigenvalue weighted by Gasteiger charge is -2.24. The maximum absolute atomic E-state index is 12.9. The van der Waals surface area contributed by atoms with E-state index in [1.165, 1.54) is 23.3 Å². The summed E-state index contributed by atoms with van der Waals surface area (Å²) in [7, 11) is 1.23. The molecule has 1 amide bonds. The van der Waals surface area contributed by atoms with E-state index >= 15 is 0 Å². The third-order valence-corrected chi connectivity index (χ3v) is 6.06. The third kappa shape index (κ3) is 3.17. The lowest BCUT2D eigenvalue weighted by molar-refractivity contribution is -0.136. The summed E-state index contributed by atoms with van der Waals surface area (Å²) in [6, 6.07) is 14.4. The highest BCUT2D eigenvalue weighted by Crippen LogP contribution is 2.43. The van der Waals surface area contributed by atoms with Crippen LogP contribution >= 0.6 is 11.3 Å². The van der Waals surface area contributed by atoms with E-state index < -0.39 is 23.7 Å².